The van der Waals surface area contributed by atoms with Gasteiger partial charge < -0.3 is 10.2 Å². The molecule has 2 fully saturated rings. The van der Waals surface area contributed by atoms with Crippen molar-refractivity contribution in [1.82, 2.24) is 10.2 Å². The Labute approximate surface area is 114 Å². The van der Waals surface area contributed by atoms with Crippen LogP contribution in [0.1, 0.15) is 59.8 Å². The van der Waals surface area contributed by atoms with Crippen LogP contribution in [0.15, 0.2) is 0 Å². The van der Waals surface area contributed by atoms with E-state index in [0.717, 1.165) is 18.0 Å². The molecule has 0 radical (unpaired) electrons. The SMILES string of the molecule is CC(CNC1CC1)C(C)N1CCCC(C)(C)CC1. The molecule has 1 heterocycles. The van der Waals surface area contributed by atoms with Crippen molar-refractivity contribution >= 4 is 0 Å². The maximum Gasteiger partial charge on any atom is 0.0105 e. The molecule has 2 heteroatoms. The standard InChI is InChI=1S/C16H32N2/c1-13(12-17-15-6-7-15)14(2)18-10-5-8-16(3,4)9-11-18/h13-15,17H,5-12H2,1-4H3. The molecule has 0 spiro atoms. The first kappa shape index (κ1) is 14.3. The minimum absolute atomic E-state index is 0.559. The summed E-state index contributed by atoms with van der Waals surface area (Å²) in [7, 11) is 0. The zero-order chi connectivity index (χ0) is 13.2. The highest BCUT2D eigenvalue weighted by atomic mass is 15.2. The summed E-state index contributed by atoms with van der Waals surface area (Å²) in [4.78, 5) is 2.73. The maximum absolute atomic E-state index is 3.68. The number of hydrogen-bond acceptors (Lipinski definition) is 2. The third-order valence-electron chi connectivity index (χ3n) is 5.08. The molecule has 2 rings (SSSR count). The first-order chi connectivity index (χ1) is 8.48. The predicted molar refractivity (Wildman–Crippen MR) is 78.9 cm³/mol. The topological polar surface area (TPSA) is 15.3 Å². The Morgan fingerprint density at radius 3 is 2.56 bits per heavy atom. The zero-order valence-electron chi connectivity index (χ0n) is 12.8. The molecule has 0 bridgehead atoms. The van der Waals surface area contributed by atoms with Crippen molar-refractivity contribution in [3.05, 3.63) is 0 Å². The Bertz CT molecular complexity index is 258. The molecule has 18 heavy (non-hydrogen) atoms. The van der Waals surface area contributed by atoms with Crippen LogP contribution in [0.5, 0.6) is 0 Å². The molecular weight excluding hydrogens is 220 g/mol. The van der Waals surface area contributed by atoms with E-state index in [1.54, 1.807) is 0 Å². The van der Waals surface area contributed by atoms with Crippen molar-refractivity contribution in [3.8, 4) is 0 Å². The lowest BCUT2D eigenvalue weighted by Crippen LogP contribution is -2.42. The lowest BCUT2D eigenvalue weighted by Gasteiger charge is -2.33. The van der Waals surface area contributed by atoms with Gasteiger partial charge in [0, 0.05) is 12.1 Å². The van der Waals surface area contributed by atoms with Crippen LogP contribution in [0.25, 0.3) is 0 Å². The van der Waals surface area contributed by atoms with Crippen molar-refractivity contribution < 1.29 is 0 Å². The molecule has 1 aliphatic carbocycles. The molecule has 1 N–H and O–H groups in total. The fourth-order valence-corrected chi connectivity index (χ4v) is 3.02. The summed E-state index contributed by atoms with van der Waals surface area (Å²) >= 11 is 0. The lowest BCUT2D eigenvalue weighted by molar-refractivity contribution is 0.159. The van der Waals surface area contributed by atoms with Gasteiger partial charge in [0.1, 0.15) is 0 Å². The molecule has 1 saturated heterocycles. The van der Waals surface area contributed by atoms with Crippen LogP contribution in [-0.4, -0.2) is 36.6 Å². The first-order valence-electron chi connectivity index (χ1n) is 7.95. The van der Waals surface area contributed by atoms with Gasteiger partial charge in [-0.15, -0.1) is 0 Å². The van der Waals surface area contributed by atoms with E-state index in [1.165, 1.54) is 51.7 Å². The van der Waals surface area contributed by atoms with Crippen molar-refractivity contribution in [1.29, 1.82) is 0 Å². The molecule has 1 aliphatic heterocycles. The molecular formula is C16H32N2. The predicted octanol–water partition coefficient (Wildman–Crippen LogP) is 3.28. The summed E-state index contributed by atoms with van der Waals surface area (Å²) < 4.78 is 0. The average molecular weight is 252 g/mol. The molecule has 0 aromatic rings. The number of likely N-dealkylation sites (tertiary alicyclic amines) is 1. The minimum Gasteiger partial charge on any atom is -0.314 e. The van der Waals surface area contributed by atoms with E-state index in [9.17, 15) is 0 Å². The van der Waals surface area contributed by atoms with Gasteiger partial charge in [-0.25, -0.2) is 0 Å². The zero-order valence-corrected chi connectivity index (χ0v) is 12.8. The molecule has 2 nitrogen and oxygen atoms in total. The van der Waals surface area contributed by atoms with E-state index < -0.39 is 0 Å². The average Bonchev–Trinajstić information content (AvgIpc) is 3.13. The van der Waals surface area contributed by atoms with Gasteiger partial charge in [0.2, 0.25) is 0 Å². The number of rotatable bonds is 5. The molecule has 0 aromatic carbocycles. The van der Waals surface area contributed by atoms with Gasteiger partial charge in [0.15, 0.2) is 0 Å². The summed E-state index contributed by atoms with van der Waals surface area (Å²) in [6.45, 7) is 13.5. The highest BCUT2D eigenvalue weighted by Gasteiger charge is 2.28. The van der Waals surface area contributed by atoms with Crippen molar-refractivity contribution in [2.45, 2.75) is 71.9 Å². The molecule has 0 aromatic heterocycles. The van der Waals surface area contributed by atoms with Gasteiger partial charge >= 0.3 is 0 Å². The Morgan fingerprint density at radius 2 is 1.89 bits per heavy atom. The normalized spacial score (nSPS) is 28.7. The quantitative estimate of drug-likeness (QED) is 0.808. The fourth-order valence-electron chi connectivity index (χ4n) is 3.02. The van der Waals surface area contributed by atoms with Crippen LogP contribution >= 0.6 is 0 Å². The Kier molecular flexibility index (Phi) is 4.71. The maximum atomic E-state index is 3.68. The van der Waals surface area contributed by atoms with Crippen LogP contribution in [-0.2, 0) is 0 Å². The first-order valence-corrected chi connectivity index (χ1v) is 7.95. The van der Waals surface area contributed by atoms with E-state index in [1.807, 2.05) is 0 Å². The van der Waals surface area contributed by atoms with E-state index in [-0.39, 0.29) is 0 Å². The summed E-state index contributed by atoms with van der Waals surface area (Å²) in [5.41, 5.74) is 0.559. The van der Waals surface area contributed by atoms with Gasteiger partial charge in [-0.05, 0) is 70.0 Å². The number of nitrogens with zero attached hydrogens (tertiary/aromatic N) is 1. The van der Waals surface area contributed by atoms with Crippen molar-refractivity contribution in [2.75, 3.05) is 19.6 Å². The Morgan fingerprint density at radius 1 is 1.17 bits per heavy atom. The largest absolute Gasteiger partial charge is 0.314 e. The minimum atomic E-state index is 0.559. The lowest BCUT2D eigenvalue weighted by atomic mass is 9.85. The fraction of sp³-hybridized carbons (Fsp3) is 1.00. The molecule has 2 unspecified atom stereocenters. The van der Waals surface area contributed by atoms with E-state index in [4.69, 9.17) is 0 Å². The Hall–Kier alpha value is -0.0800. The van der Waals surface area contributed by atoms with Crippen LogP contribution in [0.4, 0.5) is 0 Å². The van der Waals surface area contributed by atoms with Crippen LogP contribution in [0.2, 0.25) is 0 Å². The van der Waals surface area contributed by atoms with Gasteiger partial charge in [-0.2, -0.15) is 0 Å². The summed E-state index contributed by atoms with van der Waals surface area (Å²) in [5, 5.41) is 3.68. The third-order valence-corrected chi connectivity index (χ3v) is 5.08. The Balaban J connectivity index is 1.77. The van der Waals surface area contributed by atoms with Gasteiger partial charge in [0.25, 0.3) is 0 Å². The molecule has 2 atom stereocenters. The molecule has 106 valence electrons. The summed E-state index contributed by atoms with van der Waals surface area (Å²) in [6.07, 6.45) is 6.93. The number of hydrogen-bond donors (Lipinski definition) is 1. The molecule has 2 aliphatic rings. The summed E-state index contributed by atoms with van der Waals surface area (Å²) in [6, 6.07) is 1.58. The second-order valence-electron chi connectivity index (χ2n) is 7.45. The number of nitrogens with one attached hydrogen (secondary N) is 1. The second-order valence-corrected chi connectivity index (χ2v) is 7.45. The van der Waals surface area contributed by atoms with Crippen molar-refractivity contribution in [3.63, 3.8) is 0 Å². The van der Waals surface area contributed by atoms with Crippen LogP contribution in [0, 0.1) is 11.3 Å². The highest BCUT2D eigenvalue weighted by molar-refractivity contribution is 4.85. The smallest absolute Gasteiger partial charge is 0.0105 e. The third kappa shape index (κ3) is 4.24. The van der Waals surface area contributed by atoms with E-state index in [0.29, 0.717) is 5.41 Å². The van der Waals surface area contributed by atoms with Crippen molar-refractivity contribution in [2.24, 2.45) is 11.3 Å². The van der Waals surface area contributed by atoms with Crippen LogP contribution < -0.4 is 5.32 Å². The highest BCUT2D eigenvalue weighted by Crippen LogP contribution is 2.31. The molecule has 1 saturated carbocycles. The van der Waals surface area contributed by atoms with Crippen LogP contribution in [0.3, 0.4) is 0 Å². The van der Waals surface area contributed by atoms with Gasteiger partial charge in [-0.3, -0.25) is 0 Å². The van der Waals surface area contributed by atoms with E-state index in [2.05, 4.69) is 37.9 Å². The second kappa shape index (κ2) is 5.92. The van der Waals surface area contributed by atoms with Gasteiger partial charge in [-0.1, -0.05) is 20.8 Å². The monoisotopic (exact) mass is 252 g/mol. The van der Waals surface area contributed by atoms with E-state index >= 15 is 0 Å². The summed E-state index contributed by atoms with van der Waals surface area (Å²) in [5.74, 6) is 0.770. The molecule has 0 amide bonds. The van der Waals surface area contributed by atoms with Gasteiger partial charge in [0.05, 0.1) is 0 Å².